The molecule has 0 bridgehead atoms. The molecule has 0 spiro atoms. The summed E-state index contributed by atoms with van der Waals surface area (Å²) in [6, 6.07) is 2.10. The van der Waals surface area contributed by atoms with Crippen LogP contribution in [0, 0.1) is 0 Å². The van der Waals surface area contributed by atoms with E-state index in [0.29, 0.717) is 5.22 Å². The number of aromatic nitrogens is 2. The summed E-state index contributed by atoms with van der Waals surface area (Å²) in [6.07, 6.45) is 7.21. The van der Waals surface area contributed by atoms with Gasteiger partial charge < -0.3 is 14.3 Å². The van der Waals surface area contributed by atoms with Crippen LogP contribution in [0.5, 0.6) is 0 Å². The summed E-state index contributed by atoms with van der Waals surface area (Å²) < 4.78 is 7.14. The van der Waals surface area contributed by atoms with Gasteiger partial charge in [-0.05, 0) is 31.1 Å². The predicted molar refractivity (Wildman–Crippen MR) is 67.0 cm³/mol. The van der Waals surface area contributed by atoms with Crippen molar-refractivity contribution in [2.75, 3.05) is 7.05 Å². The lowest BCUT2D eigenvalue weighted by molar-refractivity contribution is 0.517. The first-order valence-corrected chi connectivity index (χ1v) is 5.96. The van der Waals surface area contributed by atoms with Gasteiger partial charge in [-0.3, -0.25) is 0 Å². The van der Waals surface area contributed by atoms with Gasteiger partial charge in [0.25, 0.3) is 0 Å². The van der Waals surface area contributed by atoms with Crippen molar-refractivity contribution >= 4 is 11.6 Å². The van der Waals surface area contributed by atoms with E-state index < -0.39 is 0 Å². The topological polar surface area (TPSA) is 43.0 Å². The van der Waals surface area contributed by atoms with E-state index in [-0.39, 0.29) is 6.04 Å². The van der Waals surface area contributed by atoms with Gasteiger partial charge in [-0.2, -0.15) is 0 Å². The number of hydrogen-bond donors (Lipinski definition) is 1. The lowest BCUT2D eigenvalue weighted by Gasteiger charge is -2.14. The van der Waals surface area contributed by atoms with Crippen LogP contribution in [-0.2, 0) is 13.5 Å². The summed E-state index contributed by atoms with van der Waals surface area (Å²) in [5.74, 6) is 1.07. The summed E-state index contributed by atoms with van der Waals surface area (Å²) >= 11 is 5.98. The van der Waals surface area contributed by atoms with E-state index in [1.807, 2.05) is 37.1 Å². The average Bonchev–Trinajstić information content (AvgIpc) is 2.90. The molecule has 0 saturated heterocycles. The second kappa shape index (κ2) is 5.38. The Kier molecular flexibility index (Phi) is 3.86. The first kappa shape index (κ1) is 12.2. The van der Waals surface area contributed by atoms with Crippen molar-refractivity contribution in [3.63, 3.8) is 0 Å². The molecule has 2 heterocycles. The molecule has 2 aromatic heterocycles. The second-order valence-electron chi connectivity index (χ2n) is 3.98. The highest BCUT2D eigenvalue weighted by Gasteiger charge is 2.15. The van der Waals surface area contributed by atoms with E-state index in [4.69, 9.17) is 16.0 Å². The number of hydrogen-bond acceptors (Lipinski definition) is 3. The fourth-order valence-corrected chi connectivity index (χ4v) is 2.17. The largest absolute Gasteiger partial charge is 0.453 e. The van der Waals surface area contributed by atoms with E-state index >= 15 is 0 Å². The number of nitrogens with zero attached hydrogens (tertiary/aromatic N) is 2. The summed E-state index contributed by atoms with van der Waals surface area (Å²) in [5.41, 5.74) is 1.00. The van der Waals surface area contributed by atoms with Gasteiger partial charge in [-0.25, -0.2) is 4.98 Å². The van der Waals surface area contributed by atoms with Crippen LogP contribution >= 0.6 is 11.6 Å². The number of imidazole rings is 1. The van der Waals surface area contributed by atoms with Crippen molar-refractivity contribution in [2.24, 2.45) is 7.05 Å². The van der Waals surface area contributed by atoms with Gasteiger partial charge in [-0.1, -0.05) is 0 Å². The van der Waals surface area contributed by atoms with Crippen LogP contribution in [0.4, 0.5) is 0 Å². The zero-order valence-electron chi connectivity index (χ0n) is 9.98. The second-order valence-corrected chi connectivity index (χ2v) is 4.33. The average molecular weight is 254 g/mol. The molecule has 0 amide bonds. The molecule has 0 aliphatic heterocycles. The minimum Gasteiger partial charge on any atom is -0.453 e. The molecule has 0 fully saturated rings. The van der Waals surface area contributed by atoms with E-state index in [9.17, 15) is 0 Å². The molecule has 0 aromatic carbocycles. The number of furan rings is 1. The van der Waals surface area contributed by atoms with Gasteiger partial charge in [0.1, 0.15) is 5.82 Å². The van der Waals surface area contributed by atoms with Gasteiger partial charge in [0.2, 0.25) is 0 Å². The number of aryl methyl sites for hydroxylation is 2. The Morgan fingerprint density at radius 1 is 1.59 bits per heavy atom. The Labute approximate surface area is 106 Å². The lowest BCUT2D eigenvalue weighted by atomic mass is 10.1. The van der Waals surface area contributed by atoms with Crippen molar-refractivity contribution in [1.82, 2.24) is 14.9 Å². The van der Waals surface area contributed by atoms with Crippen LogP contribution in [-0.4, -0.2) is 16.6 Å². The Balaban J connectivity index is 2.02. The molecule has 0 saturated carbocycles. The fourth-order valence-electron chi connectivity index (χ4n) is 1.92. The molecule has 0 aliphatic carbocycles. The van der Waals surface area contributed by atoms with Gasteiger partial charge in [0, 0.05) is 37.5 Å². The standard InChI is InChI=1S/C12H16ClN3O/c1-14-10(9-5-8-17-12(9)13)3-4-11-15-6-7-16(11)2/h5-8,10,14H,3-4H2,1-2H3. The Morgan fingerprint density at radius 3 is 2.94 bits per heavy atom. The summed E-state index contributed by atoms with van der Waals surface area (Å²) in [4.78, 5) is 4.30. The molecular formula is C12H16ClN3O. The zero-order valence-corrected chi connectivity index (χ0v) is 10.7. The van der Waals surface area contributed by atoms with Crippen molar-refractivity contribution in [3.8, 4) is 0 Å². The van der Waals surface area contributed by atoms with E-state index in [1.54, 1.807) is 6.26 Å². The molecule has 0 radical (unpaired) electrons. The number of halogens is 1. The molecule has 92 valence electrons. The highest BCUT2D eigenvalue weighted by Crippen LogP contribution is 2.26. The molecule has 1 unspecified atom stereocenters. The Morgan fingerprint density at radius 2 is 2.41 bits per heavy atom. The molecule has 5 heteroatoms. The predicted octanol–water partition coefficient (Wildman–Crippen LogP) is 2.56. The van der Waals surface area contributed by atoms with E-state index in [1.165, 1.54) is 0 Å². The number of nitrogens with one attached hydrogen (secondary N) is 1. The third-order valence-electron chi connectivity index (χ3n) is 2.95. The quantitative estimate of drug-likeness (QED) is 0.891. The van der Waals surface area contributed by atoms with Crippen molar-refractivity contribution in [1.29, 1.82) is 0 Å². The van der Waals surface area contributed by atoms with Crippen LogP contribution < -0.4 is 5.32 Å². The molecule has 2 rings (SSSR count). The maximum Gasteiger partial charge on any atom is 0.197 e. The van der Waals surface area contributed by atoms with Crippen LogP contribution in [0.1, 0.15) is 23.9 Å². The molecule has 2 aromatic rings. The minimum atomic E-state index is 0.193. The van der Waals surface area contributed by atoms with Crippen molar-refractivity contribution < 1.29 is 4.42 Å². The molecule has 1 atom stereocenters. The van der Waals surface area contributed by atoms with Gasteiger partial charge in [0.05, 0.1) is 6.26 Å². The molecule has 4 nitrogen and oxygen atoms in total. The summed E-state index contributed by atoms with van der Waals surface area (Å²) in [6.45, 7) is 0. The third-order valence-corrected chi connectivity index (χ3v) is 3.25. The van der Waals surface area contributed by atoms with Crippen molar-refractivity contribution in [2.45, 2.75) is 18.9 Å². The molecule has 17 heavy (non-hydrogen) atoms. The molecular weight excluding hydrogens is 238 g/mol. The number of rotatable bonds is 5. The molecule has 1 N–H and O–H groups in total. The fraction of sp³-hybridized carbons (Fsp3) is 0.417. The van der Waals surface area contributed by atoms with Crippen LogP contribution in [0.25, 0.3) is 0 Å². The van der Waals surface area contributed by atoms with Crippen LogP contribution in [0.3, 0.4) is 0 Å². The summed E-state index contributed by atoms with van der Waals surface area (Å²) in [7, 11) is 3.92. The first-order valence-electron chi connectivity index (χ1n) is 5.58. The normalized spacial score (nSPS) is 12.9. The third kappa shape index (κ3) is 2.70. The van der Waals surface area contributed by atoms with Crippen LogP contribution in [0.15, 0.2) is 29.1 Å². The van der Waals surface area contributed by atoms with E-state index in [2.05, 4.69) is 10.3 Å². The highest BCUT2D eigenvalue weighted by molar-refractivity contribution is 6.29. The zero-order chi connectivity index (χ0) is 12.3. The maximum atomic E-state index is 5.98. The molecule has 0 aliphatic rings. The summed E-state index contributed by atoms with van der Waals surface area (Å²) in [5, 5.41) is 3.71. The Bertz CT molecular complexity index is 478. The SMILES string of the molecule is CNC(CCc1nccn1C)c1ccoc1Cl. The lowest BCUT2D eigenvalue weighted by Crippen LogP contribution is -2.17. The van der Waals surface area contributed by atoms with Crippen molar-refractivity contribution in [3.05, 3.63) is 41.3 Å². The van der Waals surface area contributed by atoms with Gasteiger partial charge in [-0.15, -0.1) is 0 Å². The minimum absolute atomic E-state index is 0.193. The van der Waals surface area contributed by atoms with E-state index in [0.717, 1.165) is 24.2 Å². The van der Waals surface area contributed by atoms with Gasteiger partial charge in [0.15, 0.2) is 5.22 Å². The maximum absolute atomic E-state index is 5.98. The smallest absolute Gasteiger partial charge is 0.197 e. The monoisotopic (exact) mass is 253 g/mol. The highest BCUT2D eigenvalue weighted by atomic mass is 35.5. The van der Waals surface area contributed by atoms with Crippen LogP contribution in [0.2, 0.25) is 5.22 Å². The first-order chi connectivity index (χ1) is 8.22. The van der Waals surface area contributed by atoms with Gasteiger partial charge >= 0.3 is 0 Å². The Hall–Kier alpha value is -1.26.